The smallest absolute Gasteiger partial charge is 0.233 e. The average Bonchev–Trinajstić information content (AvgIpc) is 3.67. The van der Waals surface area contributed by atoms with Crippen LogP contribution < -0.4 is 0 Å². The topological polar surface area (TPSA) is 76.0 Å². The molecule has 2 aliphatic rings. The summed E-state index contributed by atoms with van der Waals surface area (Å²) in [6, 6.07) is 12.6. The summed E-state index contributed by atoms with van der Waals surface area (Å²) in [6.45, 7) is 2.32. The molecule has 0 spiro atoms. The molecule has 0 saturated carbocycles. The Hall–Kier alpha value is -2.62. The summed E-state index contributed by atoms with van der Waals surface area (Å²) in [7, 11) is 0. The van der Waals surface area contributed by atoms with Crippen LogP contribution in [0.4, 0.5) is 0 Å². The number of nitrogens with one attached hydrogen (secondary N) is 1. The van der Waals surface area contributed by atoms with Gasteiger partial charge in [0, 0.05) is 40.7 Å². The molecular weight excluding hydrogens is 466 g/mol. The fourth-order valence-electron chi connectivity index (χ4n) is 5.06. The zero-order valence-electron chi connectivity index (χ0n) is 18.9. The summed E-state index contributed by atoms with van der Waals surface area (Å²) < 4.78 is 8.08. The number of likely N-dealkylation sites (tertiary alicyclic amines) is 1. The number of hydrogen-bond acceptors (Lipinski definition) is 6. The number of hydrogen-bond donors (Lipinski definition) is 1. The van der Waals surface area contributed by atoms with Crippen molar-refractivity contribution >= 4 is 39.9 Å². The van der Waals surface area contributed by atoms with Gasteiger partial charge in [-0.15, -0.1) is 21.5 Å². The molecule has 176 valence electrons. The largest absolute Gasteiger partial charge is 0.376 e. The van der Waals surface area contributed by atoms with Crippen LogP contribution in [0.3, 0.4) is 0 Å². The number of aromatic amines is 1. The Morgan fingerprint density at radius 1 is 1.18 bits per heavy atom. The predicted octanol–water partition coefficient (Wildman–Crippen LogP) is 5.12. The van der Waals surface area contributed by atoms with Crippen LogP contribution in [0.25, 0.3) is 22.3 Å². The molecule has 1 aromatic carbocycles. The number of benzene rings is 1. The maximum absolute atomic E-state index is 13.2. The standard InChI is InChI=1S/C25H27N5O2S2/c31-23(29-11-3-9-21(29)22-10-5-13-33-22)16-34-25-28-27-24(30(25)15-17-6-4-12-32-17)19-14-26-20-8-2-1-7-18(19)20/h1-2,5,7-8,10,13-14,17,21,26H,3-4,6,9,11-12,15-16H2. The van der Waals surface area contributed by atoms with Crippen LogP contribution in [0, 0.1) is 0 Å². The zero-order valence-corrected chi connectivity index (χ0v) is 20.5. The highest BCUT2D eigenvalue weighted by Crippen LogP contribution is 2.36. The summed E-state index contributed by atoms with van der Waals surface area (Å²) in [5.74, 6) is 1.35. The van der Waals surface area contributed by atoms with E-state index in [0.717, 1.165) is 66.3 Å². The van der Waals surface area contributed by atoms with Gasteiger partial charge in [-0.05, 0) is 43.2 Å². The first kappa shape index (κ1) is 21.9. The molecule has 0 aliphatic carbocycles. The van der Waals surface area contributed by atoms with Crippen LogP contribution in [0.15, 0.2) is 53.1 Å². The van der Waals surface area contributed by atoms with E-state index in [9.17, 15) is 4.79 Å². The van der Waals surface area contributed by atoms with Crippen molar-refractivity contribution in [3.8, 4) is 11.4 Å². The highest BCUT2D eigenvalue weighted by molar-refractivity contribution is 7.99. The van der Waals surface area contributed by atoms with Gasteiger partial charge < -0.3 is 14.6 Å². The number of carbonyl (C=O) groups excluding carboxylic acids is 1. The van der Waals surface area contributed by atoms with Crippen LogP contribution in [0.1, 0.15) is 36.6 Å². The zero-order chi connectivity index (χ0) is 22.9. The van der Waals surface area contributed by atoms with Crippen molar-refractivity contribution in [3.63, 3.8) is 0 Å². The first-order valence-electron chi connectivity index (χ1n) is 11.8. The Balaban J connectivity index is 1.25. The lowest BCUT2D eigenvalue weighted by molar-refractivity contribution is -0.129. The number of carbonyl (C=O) groups is 1. The van der Waals surface area contributed by atoms with Crippen molar-refractivity contribution < 1.29 is 9.53 Å². The van der Waals surface area contributed by atoms with Gasteiger partial charge in [0.1, 0.15) is 0 Å². The van der Waals surface area contributed by atoms with Crippen LogP contribution in [0.2, 0.25) is 0 Å². The van der Waals surface area contributed by atoms with Gasteiger partial charge >= 0.3 is 0 Å². The molecule has 6 rings (SSSR count). The summed E-state index contributed by atoms with van der Waals surface area (Å²) in [6.07, 6.45) is 6.35. The van der Waals surface area contributed by atoms with Gasteiger partial charge in [-0.1, -0.05) is 36.0 Å². The highest BCUT2D eigenvalue weighted by Gasteiger charge is 2.31. The molecule has 2 saturated heterocycles. The van der Waals surface area contributed by atoms with Gasteiger partial charge in [-0.3, -0.25) is 9.36 Å². The minimum atomic E-state index is 0.150. The maximum atomic E-state index is 13.2. The van der Waals surface area contributed by atoms with Crippen molar-refractivity contribution in [1.29, 1.82) is 0 Å². The third kappa shape index (κ3) is 4.16. The Morgan fingerprint density at radius 3 is 2.97 bits per heavy atom. The van der Waals surface area contributed by atoms with E-state index in [2.05, 4.69) is 49.4 Å². The molecule has 2 fully saturated rings. The fourth-order valence-corrected chi connectivity index (χ4v) is 6.77. The van der Waals surface area contributed by atoms with Crippen molar-refractivity contribution in [3.05, 3.63) is 52.9 Å². The van der Waals surface area contributed by atoms with Gasteiger partial charge in [0.15, 0.2) is 11.0 Å². The number of thiophene rings is 1. The van der Waals surface area contributed by atoms with E-state index in [-0.39, 0.29) is 18.1 Å². The molecule has 3 aromatic heterocycles. The van der Waals surface area contributed by atoms with Crippen LogP contribution in [0.5, 0.6) is 0 Å². The van der Waals surface area contributed by atoms with E-state index < -0.39 is 0 Å². The average molecular weight is 494 g/mol. The molecule has 9 heteroatoms. The molecule has 7 nitrogen and oxygen atoms in total. The third-order valence-corrected chi connectivity index (χ3v) is 8.65. The molecular formula is C25H27N5O2S2. The SMILES string of the molecule is O=C(CSc1nnc(-c2c[nH]c3ccccc23)n1CC1CCCO1)N1CCCC1c1cccs1. The van der Waals surface area contributed by atoms with Crippen molar-refractivity contribution in [2.45, 2.75) is 49.5 Å². The molecule has 1 amide bonds. The number of amides is 1. The number of fused-ring (bicyclic) bond motifs is 1. The van der Waals surface area contributed by atoms with Crippen molar-refractivity contribution in [2.75, 3.05) is 18.9 Å². The first-order valence-corrected chi connectivity index (χ1v) is 13.7. The number of thioether (sulfide) groups is 1. The van der Waals surface area contributed by atoms with Gasteiger partial charge in [0.2, 0.25) is 5.91 Å². The van der Waals surface area contributed by atoms with E-state index in [1.165, 1.54) is 16.6 Å². The van der Waals surface area contributed by atoms with Crippen LogP contribution in [-0.4, -0.2) is 55.6 Å². The first-order chi connectivity index (χ1) is 16.8. The molecule has 2 aliphatic heterocycles. The molecule has 34 heavy (non-hydrogen) atoms. The van der Waals surface area contributed by atoms with Gasteiger partial charge in [-0.2, -0.15) is 0 Å². The quantitative estimate of drug-likeness (QED) is 0.362. The van der Waals surface area contributed by atoms with E-state index in [4.69, 9.17) is 4.74 Å². The fraction of sp³-hybridized carbons (Fsp3) is 0.400. The maximum Gasteiger partial charge on any atom is 0.233 e. The van der Waals surface area contributed by atoms with Crippen molar-refractivity contribution in [1.82, 2.24) is 24.6 Å². The summed E-state index contributed by atoms with van der Waals surface area (Å²) in [5.41, 5.74) is 2.10. The number of H-pyrrole nitrogens is 1. The number of nitrogens with zero attached hydrogens (tertiary/aromatic N) is 4. The summed E-state index contributed by atoms with van der Waals surface area (Å²) in [5, 5.41) is 13.1. The minimum Gasteiger partial charge on any atom is -0.376 e. The highest BCUT2D eigenvalue weighted by atomic mass is 32.2. The Labute approximate surface area is 206 Å². The second-order valence-electron chi connectivity index (χ2n) is 8.85. The van der Waals surface area contributed by atoms with E-state index >= 15 is 0 Å². The number of aromatic nitrogens is 4. The number of para-hydroxylation sites is 1. The summed E-state index contributed by atoms with van der Waals surface area (Å²) >= 11 is 3.22. The Kier molecular flexibility index (Phi) is 6.15. The number of ether oxygens (including phenoxy) is 1. The second-order valence-corrected chi connectivity index (χ2v) is 10.8. The monoisotopic (exact) mass is 493 g/mol. The van der Waals surface area contributed by atoms with Crippen LogP contribution in [-0.2, 0) is 16.1 Å². The van der Waals surface area contributed by atoms with Crippen molar-refractivity contribution in [2.24, 2.45) is 0 Å². The Bertz CT molecular complexity index is 1280. The molecule has 2 unspecified atom stereocenters. The van der Waals surface area contributed by atoms with Crippen LogP contribution >= 0.6 is 23.1 Å². The van der Waals surface area contributed by atoms with E-state index in [0.29, 0.717) is 12.3 Å². The Morgan fingerprint density at radius 2 is 2.12 bits per heavy atom. The normalized spacial score (nSPS) is 20.5. The minimum absolute atomic E-state index is 0.150. The molecule has 4 aromatic rings. The van der Waals surface area contributed by atoms with Gasteiger partial charge in [0.05, 0.1) is 24.4 Å². The third-order valence-electron chi connectivity index (χ3n) is 6.73. The lowest BCUT2D eigenvalue weighted by Crippen LogP contribution is -2.31. The molecule has 0 bridgehead atoms. The molecule has 0 radical (unpaired) electrons. The molecule has 1 N–H and O–H groups in total. The lowest BCUT2D eigenvalue weighted by Gasteiger charge is -2.23. The van der Waals surface area contributed by atoms with E-state index in [1.807, 2.05) is 23.2 Å². The predicted molar refractivity (Wildman–Crippen MR) is 135 cm³/mol. The number of rotatable bonds is 7. The van der Waals surface area contributed by atoms with E-state index in [1.54, 1.807) is 11.3 Å². The molecule has 5 heterocycles. The van der Waals surface area contributed by atoms with Gasteiger partial charge in [-0.25, -0.2) is 0 Å². The molecule has 2 atom stereocenters. The summed E-state index contributed by atoms with van der Waals surface area (Å²) in [4.78, 5) is 19.9. The second kappa shape index (κ2) is 9.56. The lowest BCUT2D eigenvalue weighted by atomic mass is 10.1. The van der Waals surface area contributed by atoms with Gasteiger partial charge in [0.25, 0.3) is 0 Å².